The molecule has 0 spiro atoms. The van der Waals surface area contributed by atoms with Gasteiger partial charge in [0.25, 0.3) is 0 Å². The number of alkyl halides is 1. The van der Waals surface area contributed by atoms with E-state index in [4.69, 9.17) is 49.2 Å². The average Bonchev–Trinajstić information content (AvgIpc) is 1.70. The van der Waals surface area contributed by atoms with Crippen LogP contribution in [-0.4, -0.2) is 151 Å². The largest absolute Gasteiger partial charge is 0.405 e. The Bertz CT molecular complexity index is 3460. The molecule has 604 valence electrons. The van der Waals surface area contributed by atoms with Gasteiger partial charge in [-0.3, -0.25) is 34.4 Å². The lowest BCUT2D eigenvalue weighted by molar-refractivity contribution is 0.207. The molecular weight excluding hydrogens is 1360 g/mol. The maximum Gasteiger partial charge on any atom is 0.405 e. The van der Waals surface area contributed by atoms with Gasteiger partial charge in [-0.15, -0.1) is 0 Å². The molecule has 4 saturated heterocycles. The molecule has 19 nitrogen and oxygen atoms in total. The van der Waals surface area contributed by atoms with Gasteiger partial charge in [0, 0.05) is 116 Å². The van der Waals surface area contributed by atoms with Gasteiger partial charge in [0.15, 0.2) is 5.96 Å². The summed E-state index contributed by atoms with van der Waals surface area (Å²) < 4.78 is 61.3. The van der Waals surface area contributed by atoms with Crippen molar-refractivity contribution >= 4 is 44.8 Å². The van der Waals surface area contributed by atoms with E-state index in [0.29, 0.717) is 39.3 Å². The third-order valence-electron chi connectivity index (χ3n) is 20.3. The minimum absolute atomic E-state index is 0.00248. The molecule has 8 unspecified atom stereocenters. The van der Waals surface area contributed by atoms with E-state index < -0.39 is 21.7 Å². The van der Waals surface area contributed by atoms with E-state index in [9.17, 15) is 13.5 Å². The highest BCUT2D eigenvalue weighted by Crippen LogP contribution is 2.55. The monoisotopic (exact) mass is 1510 g/mol. The van der Waals surface area contributed by atoms with Crippen LogP contribution in [0.3, 0.4) is 0 Å². The molecule has 8 atom stereocenters. The second-order valence-corrected chi connectivity index (χ2v) is 47.0. The summed E-state index contributed by atoms with van der Waals surface area (Å²) in [6, 6.07) is 0.640. The number of nitrogens with two attached hydrogens (primary N) is 1. The van der Waals surface area contributed by atoms with E-state index in [1.807, 2.05) is 13.8 Å². The van der Waals surface area contributed by atoms with Gasteiger partial charge < -0.3 is 39.7 Å². The molecule has 8 aliphatic rings. The number of guanidine groups is 1. The van der Waals surface area contributed by atoms with Crippen LogP contribution < -0.4 is 21.2 Å². The Hall–Kier alpha value is -3.74. The van der Waals surface area contributed by atoms with Gasteiger partial charge in [-0.25, -0.2) is 23.7 Å². The van der Waals surface area contributed by atoms with Crippen molar-refractivity contribution in [3.05, 3.63) is 45.1 Å². The third-order valence-corrected chi connectivity index (χ3v) is 23.8. The van der Waals surface area contributed by atoms with E-state index in [0.717, 1.165) is 49.1 Å². The van der Waals surface area contributed by atoms with Crippen molar-refractivity contribution in [3.63, 3.8) is 0 Å². The molecule has 8 heterocycles. The maximum absolute atomic E-state index is 14.2. The van der Waals surface area contributed by atoms with Crippen LogP contribution in [0.1, 0.15) is 289 Å². The van der Waals surface area contributed by atoms with E-state index in [1.165, 1.54) is 59.3 Å². The number of nitrogens with zero attached hydrogens (tertiary/aromatic N) is 8. The summed E-state index contributed by atoms with van der Waals surface area (Å²) in [6.07, 6.45) is 2.23. The molecule has 0 radical (unpaired) electrons. The number of rotatable bonds is 11. The molecule has 6 N–H and O–H groups in total. The van der Waals surface area contributed by atoms with Crippen LogP contribution in [0.25, 0.3) is 0 Å². The first-order chi connectivity index (χ1) is 46.9. The van der Waals surface area contributed by atoms with Crippen molar-refractivity contribution in [2.75, 3.05) is 53.6 Å². The summed E-state index contributed by atoms with van der Waals surface area (Å²) in [5.41, 5.74) is 16.2. The Morgan fingerprint density at radius 2 is 0.629 bits per heavy atom. The highest BCUT2D eigenvalue weighted by molar-refractivity contribution is 7.51. The summed E-state index contributed by atoms with van der Waals surface area (Å²) >= 11 is 0. The Labute approximate surface area is 640 Å². The molecule has 0 aromatic carbocycles. The van der Waals surface area contributed by atoms with Gasteiger partial charge in [-0.05, 0) is 79.5 Å². The van der Waals surface area contributed by atoms with Gasteiger partial charge in [-0.1, -0.05) is 249 Å². The number of halogens is 1. The number of allylic oxidation sites excluding steroid dienone is 1. The molecular formula is C83H154FN13O6P2. The quantitative estimate of drug-likeness (QED) is 0.0738. The molecule has 22 heteroatoms. The van der Waals surface area contributed by atoms with Crippen molar-refractivity contribution in [1.29, 1.82) is 5.41 Å². The van der Waals surface area contributed by atoms with Crippen molar-refractivity contribution in [1.82, 2.24) is 35.1 Å². The molecule has 0 aromatic rings. The van der Waals surface area contributed by atoms with E-state index in [2.05, 4.69) is 284 Å². The Morgan fingerprint density at radius 1 is 0.400 bits per heavy atom. The molecule has 0 bridgehead atoms. The van der Waals surface area contributed by atoms with E-state index in [1.54, 1.807) is 0 Å². The van der Waals surface area contributed by atoms with Crippen LogP contribution in [0.2, 0.25) is 0 Å². The van der Waals surface area contributed by atoms with E-state index >= 15 is 0 Å². The van der Waals surface area contributed by atoms with Gasteiger partial charge in [0.1, 0.15) is 29.5 Å². The molecule has 4 fully saturated rings. The first kappa shape index (κ1) is 91.9. The number of amidine groups is 4. The van der Waals surface area contributed by atoms with Gasteiger partial charge in [-0.2, -0.15) is 0 Å². The van der Waals surface area contributed by atoms with E-state index in [-0.39, 0.29) is 113 Å². The fraction of sp³-hybridized carbons (Fsp3) is 0.843. The zero-order valence-corrected chi connectivity index (χ0v) is 75.9. The molecule has 0 amide bonds. The molecule has 0 aromatic heterocycles. The third kappa shape index (κ3) is 22.3. The number of aliphatic imine (C=N–C) groups is 4. The van der Waals surface area contributed by atoms with Gasteiger partial charge in [0.2, 0.25) is 0 Å². The first-order valence-electron chi connectivity index (χ1n) is 39.2. The van der Waals surface area contributed by atoms with Crippen LogP contribution in [-0.2, 0) is 27.2 Å². The molecule has 8 aliphatic heterocycles. The lowest BCUT2D eigenvalue weighted by Crippen LogP contribution is -2.48. The minimum Gasteiger partial charge on any atom is -0.370 e. The Morgan fingerprint density at radius 3 is 0.848 bits per heavy atom. The topological polar surface area (TPSA) is 219 Å². The smallest absolute Gasteiger partial charge is 0.370 e. The predicted octanol–water partition coefficient (Wildman–Crippen LogP) is 20.1. The highest BCUT2D eigenvalue weighted by Gasteiger charge is 2.53. The fourth-order valence-electron chi connectivity index (χ4n) is 16.3. The van der Waals surface area contributed by atoms with Crippen molar-refractivity contribution in [3.8, 4) is 0 Å². The number of nitrogens with one attached hydrogen (secondary N) is 4. The molecule has 105 heavy (non-hydrogen) atoms. The maximum atomic E-state index is 14.2. The van der Waals surface area contributed by atoms with Gasteiger partial charge in [0.05, 0.1) is 50.0 Å². The summed E-state index contributed by atoms with van der Waals surface area (Å²) in [5, 5.41) is 17.1. The SMILES string of the molecule is CC(C)(C)C1=NC(C(C)(C)C)C(C(C)(C)C)=C2CC(F)CN12.CC(C)(C)C1=NC(C(C)(C)C)C(C(C)(C)C)=C2CC(NC(=N)N)CN12.CCOP(=O)(NC1CC2=C(C(C)(C)C)C(C(C)(C)C)N=C(C(C)(C)C)N2C1)OCC.COP(=O)(NC1CC2=C(C(C)(C)C)C(C(C)(C)C)N=C(C(C)(C)C)N2C1)OC. The standard InChI is InChI=1S/C23H44N3O3P.C21H40N3O3P.C20H37N5.C19H33FN2/c1-12-28-30(27,29-13-2)25-16-14-17-18(21(3,4)5)19(22(6,7)8)24-20(23(9,10)11)26(17)15-16;1-19(2,3)16-15-12-14(23-28(25,26-10)27-11)13-24(15)18(21(7,8)9)22-17(16)20(4,5)6;1-18(2,3)14-13-10-12(23-17(21)22)11-25(13)16(20(7,8)9)24-15(14)19(4,5)6;1-17(2,3)14-13-10-12(20)11-22(13)16(19(7,8)9)21-15(14)18(4,5)6/h16,19H,12-15H2,1-11H3,(H,25,27);14,17H,12-13H2,1-11H3,(H,23,25);12,15H,10-11H2,1-9H3,(H4,21,22,23);12,15H,10-11H2,1-9H3. The van der Waals surface area contributed by atoms with Gasteiger partial charge >= 0.3 is 15.5 Å². The van der Waals surface area contributed by atoms with Crippen LogP contribution in [0.15, 0.2) is 65.1 Å². The molecule has 0 saturated carbocycles. The van der Waals surface area contributed by atoms with Crippen molar-refractivity contribution in [2.24, 2.45) is 90.7 Å². The lowest BCUT2D eigenvalue weighted by atomic mass is 9.70. The normalized spacial score (nSPS) is 25.0. The molecule has 0 aliphatic carbocycles. The summed E-state index contributed by atoms with van der Waals surface area (Å²) in [6.45, 7) is 87.9. The summed E-state index contributed by atoms with van der Waals surface area (Å²) in [5.74, 6) is 4.46. The lowest BCUT2D eigenvalue weighted by Gasteiger charge is -2.45. The zero-order valence-electron chi connectivity index (χ0n) is 74.1. The van der Waals surface area contributed by atoms with Crippen molar-refractivity contribution < 1.29 is 31.6 Å². The Kier molecular flexibility index (Phi) is 27.8. The zero-order chi connectivity index (χ0) is 81.3. The molecule has 8 rings (SSSR count). The first-order valence-corrected chi connectivity index (χ1v) is 42.3. The van der Waals surface area contributed by atoms with Crippen molar-refractivity contribution in [2.45, 2.75) is 337 Å². The van der Waals surface area contributed by atoms with Crippen LogP contribution in [0.4, 0.5) is 4.39 Å². The number of hydrogen-bond acceptors (Lipinski definition) is 15. The number of hydrogen-bond donors (Lipinski definition) is 5. The predicted molar refractivity (Wildman–Crippen MR) is 442 cm³/mol. The number of fused-ring (bicyclic) bond motifs is 4. The highest BCUT2D eigenvalue weighted by atomic mass is 31.2. The summed E-state index contributed by atoms with van der Waals surface area (Å²) in [7, 11) is -3.79. The summed E-state index contributed by atoms with van der Waals surface area (Å²) in [4.78, 5) is 30.4. The van der Waals surface area contributed by atoms with Crippen LogP contribution in [0.5, 0.6) is 0 Å². The second-order valence-electron chi connectivity index (χ2n) is 43.3. The van der Waals surface area contributed by atoms with Crippen LogP contribution in [0, 0.1) is 70.4 Å². The second kappa shape index (κ2) is 31.8. The average molecular weight is 1510 g/mol. The Balaban J connectivity index is 0.000000253. The van der Waals surface area contributed by atoms with Crippen LogP contribution >= 0.6 is 15.5 Å². The fourth-order valence-corrected chi connectivity index (χ4v) is 18.8. The minimum atomic E-state index is -3.33.